The second-order valence-corrected chi connectivity index (χ2v) is 5.67. The number of amides is 1. The summed E-state index contributed by atoms with van der Waals surface area (Å²) in [7, 11) is 0. The van der Waals surface area contributed by atoms with Crippen molar-refractivity contribution in [1.29, 1.82) is 0 Å². The SMILES string of the molecule is O=C(CCOc1ccccc1)Nc1ccc(Nc2ccc(F)cc2)cc1. The number of carbonyl (C=O) groups is 1. The normalized spacial score (nSPS) is 10.2. The first kappa shape index (κ1) is 17.5. The second kappa shape index (κ2) is 8.67. The van der Waals surface area contributed by atoms with Crippen LogP contribution in [-0.2, 0) is 4.79 Å². The van der Waals surface area contributed by atoms with Crippen LogP contribution in [-0.4, -0.2) is 12.5 Å². The Morgan fingerprint density at radius 2 is 1.38 bits per heavy atom. The van der Waals surface area contributed by atoms with Gasteiger partial charge in [0.15, 0.2) is 0 Å². The Morgan fingerprint density at radius 3 is 2.04 bits per heavy atom. The lowest BCUT2D eigenvalue weighted by Crippen LogP contribution is -2.15. The van der Waals surface area contributed by atoms with Gasteiger partial charge in [-0.2, -0.15) is 0 Å². The van der Waals surface area contributed by atoms with E-state index in [2.05, 4.69) is 10.6 Å². The maximum absolute atomic E-state index is 12.9. The Kier molecular flexibility index (Phi) is 5.83. The van der Waals surface area contributed by atoms with Crippen molar-refractivity contribution in [3.8, 4) is 5.75 Å². The maximum Gasteiger partial charge on any atom is 0.227 e. The van der Waals surface area contributed by atoms with Gasteiger partial charge in [-0.3, -0.25) is 4.79 Å². The summed E-state index contributed by atoms with van der Waals surface area (Å²) in [5.74, 6) is 0.363. The van der Waals surface area contributed by atoms with Crippen LogP contribution in [0.4, 0.5) is 21.5 Å². The van der Waals surface area contributed by atoms with E-state index in [0.717, 1.165) is 17.1 Å². The molecule has 0 fully saturated rings. The van der Waals surface area contributed by atoms with Crippen molar-refractivity contribution < 1.29 is 13.9 Å². The van der Waals surface area contributed by atoms with Gasteiger partial charge in [-0.05, 0) is 60.7 Å². The Hall–Kier alpha value is -3.34. The molecule has 3 aromatic carbocycles. The van der Waals surface area contributed by atoms with Crippen molar-refractivity contribution in [3.05, 3.63) is 84.7 Å². The summed E-state index contributed by atoms with van der Waals surface area (Å²) in [5.41, 5.74) is 2.35. The number of hydrogen-bond acceptors (Lipinski definition) is 3. The molecule has 26 heavy (non-hydrogen) atoms. The summed E-state index contributed by atoms with van der Waals surface area (Å²) in [6.07, 6.45) is 0.268. The zero-order chi connectivity index (χ0) is 18.2. The summed E-state index contributed by atoms with van der Waals surface area (Å²) >= 11 is 0. The average molecular weight is 350 g/mol. The number of para-hydroxylation sites is 1. The van der Waals surface area contributed by atoms with Crippen LogP contribution in [0, 0.1) is 5.82 Å². The number of anilines is 3. The zero-order valence-electron chi connectivity index (χ0n) is 14.1. The van der Waals surface area contributed by atoms with Gasteiger partial charge < -0.3 is 15.4 Å². The zero-order valence-corrected chi connectivity index (χ0v) is 14.1. The van der Waals surface area contributed by atoms with Gasteiger partial charge >= 0.3 is 0 Å². The molecule has 1 amide bonds. The number of carbonyl (C=O) groups excluding carboxylic acids is 1. The number of rotatable bonds is 7. The topological polar surface area (TPSA) is 50.4 Å². The largest absolute Gasteiger partial charge is 0.493 e. The number of ether oxygens (including phenoxy) is 1. The third kappa shape index (κ3) is 5.34. The molecule has 0 bridgehead atoms. The highest BCUT2D eigenvalue weighted by atomic mass is 19.1. The minimum Gasteiger partial charge on any atom is -0.493 e. The van der Waals surface area contributed by atoms with Gasteiger partial charge in [0.05, 0.1) is 13.0 Å². The van der Waals surface area contributed by atoms with E-state index in [-0.39, 0.29) is 18.1 Å². The molecule has 0 aliphatic rings. The minimum atomic E-state index is -0.273. The van der Waals surface area contributed by atoms with Crippen LogP contribution in [0.2, 0.25) is 0 Å². The van der Waals surface area contributed by atoms with Crippen molar-refractivity contribution in [2.45, 2.75) is 6.42 Å². The van der Waals surface area contributed by atoms with Crippen LogP contribution in [0.1, 0.15) is 6.42 Å². The van der Waals surface area contributed by atoms with Crippen molar-refractivity contribution >= 4 is 23.0 Å². The first-order valence-corrected chi connectivity index (χ1v) is 8.29. The van der Waals surface area contributed by atoms with Crippen molar-refractivity contribution in [2.75, 3.05) is 17.2 Å². The molecular formula is C21H19FN2O2. The molecule has 0 radical (unpaired) electrons. The molecule has 0 saturated heterocycles. The Balaban J connectivity index is 1.46. The highest BCUT2D eigenvalue weighted by molar-refractivity contribution is 5.91. The van der Waals surface area contributed by atoms with E-state index in [1.807, 2.05) is 54.6 Å². The fourth-order valence-electron chi connectivity index (χ4n) is 2.34. The molecule has 0 unspecified atom stereocenters. The molecule has 0 heterocycles. The molecule has 0 spiro atoms. The van der Waals surface area contributed by atoms with E-state index in [4.69, 9.17) is 4.74 Å². The van der Waals surface area contributed by atoms with Crippen LogP contribution in [0.25, 0.3) is 0 Å². The van der Waals surface area contributed by atoms with Gasteiger partial charge in [-0.1, -0.05) is 18.2 Å². The average Bonchev–Trinajstić information content (AvgIpc) is 2.66. The van der Waals surface area contributed by atoms with Gasteiger partial charge in [0.2, 0.25) is 5.91 Å². The summed E-state index contributed by atoms with van der Waals surface area (Å²) < 4.78 is 18.4. The fourth-order valence-corrected chi connectivity index (χ4v) is 2.34. The molecule has 2 N–H and O–H groups in total. The van der Waals surface area contributed by atoms with Gasteiger partial charge in [-0.25, -0.2) is 4.39 Å². The van der Waals surface area contributed by atoms with E-state index in [9.17, 15) is 9.18 Å². The lowest BCUT2D eigenvalue weighted by atomic mass is 10.2. The lowest BCUT2D eigenvalue weighted by molar-refractivity contribution is -0.116. The minimum absolute atomic E-state index is 0.111. The van der Waals surface area contributed by atoms with Crippen molar-refractivity contribution in [2.24, 2.45) is 0 Å². The molecular weight excluding hydrogens is 331 g/mol. The van der Waals surface area contributed by atoms with Gasteiger partial charge in [0.1, 0.15) is 11.6 Å². The number of benzene rings is 3. The fraction of sp³-hybridized carbons (Fsp3) is 0.0952. The maximum atomic E-state index is 12.9. The molecule has 3 aromatic rings. The van der Waals surface area contributed by atoms with Crippen LogP contribution < -0.4 is 15.4 Å². The summed E-state index contributed by atoms with van der Waals surface area (Å²) in [6, 6.07) is 22.8. The molecule has 5 heteroatoms. The Morgan fingerprint density at radius 1 is 0.808 bits per heavy atom. The molecule has 0 aromatic heterocycles. The third-order valence-electron chi connectivity index (χ3n) is 3.64. The highest BCUT2D eigenvalue weighted by Crippen LogP contribution is 2.19. The molecule has 132 valence electrons. The first-order valence-electron chi connectivity index (χ1n) is 8.29. The van der Waals surface area contributed by atoms with Crippen LogP contribution in [0.15, 0.2) is 78.9 Å². The van der Waals surface area contributed by atoms with Crippen molar-refractivity contribution in [3.63, 3.8) is 0 Å². The van der Waals surface area contributed by atoms with Gasteiger partial charge in [-0.15, -0.1) is 0 Å². The predicted octanol–water partition coefficient (Wildman–Crippen LogP) is 4.98. The summed E-state index contributed by atoms with van der Waals surface area (Å²) in [4.78, 5) is 12.0. The van der Waals surface area contributed by atoms with E-state index >= 15 is 0 Å². The van der Waals surface area contributed by atoms with E-state index in [0.29, 0.717) is 12.3 Å². The van der Waals surface area contributed by atoms with Crippen LogP contribution in [0.5, 0.6) is 5.75 Å². The standard InChI is InChI=1S/C21H19FN2O2/c22-16-6-8-17(9-7-16)23-18-10-12-19(13-11-18)24-21(25)14-15-26-20-4-2-1-3-5-20/h1-13,23H,14-15H2,(H,24,25). The van der Waals surface area contributed by atoms with Crippen molar-refractivity contribution in [1.82, 2.24) is 0 Å². The Bertz CT molecular complexity index is 834. The van der Waals surface area contributed by atoms with E-state index < -0.39 is 0 Å². The second-order valence-electron chi connectivity index (χ2n) is 5.67. The summed E-state index contributed by atoms with van der Waals surface area (Å²) in [6.45, 7) is 0.319. The molecule has 0 atom stereocenters. The molecule has 0 aliphatic heterocycles. The molecule has 4 nitrogen and oxygen atoms in total. The number of nitrogens with one attached hydrogen (secondary N) is 2. The van der Waals surface area contributed by atoms with E-state index in [1.54, 1.807) is 12.1 Å². The third-order valence-corrected chi connectivity index (χ3v) is 3.64. The smallest absolute Gasteiger partial charge is 0.227 e. The van der Waals surface area contributed by atoms with E-state index in [1.165, 1.54) is 12.1 Å². The van der Waals surface area contributed by atoms with Gasteiger partial charge in [0.25, 0.3) is 0 Å². The van der Waals surface area contributed by atoms with Crippen LogP contribution in [0.3, 0.4) is 0 Å². The monoisotopic (exact) mass is 350 g/mol. The van der Waals surface area contributed by atoms with Gasteiger partial charge in [0, 0.05) is 17.1 Å². The molecule has 0 saturated carbocycles. The quantitative estimate of drug-likeness (QED) is 0.632. The van der Waals surface area contributed by atoms with Crippen LogP contribution >= 0.6 is 0 Å². The number of halogens is 1. The first-order chi connectivity index (χ1) is 12.7. The lowest BCUT2D eigenvalue weighted by Gasteiger charge is -2.09. The number of hydrogen-bond donors (Lipinski definition) is 2. The predicted molar refractivity (Wildman–Crippen MR) is 101 cm³/mol. The molecule has 0 aliphatic carbocycles. The molecule has 3 rings (SSSR count). The Labute approximate surface area is 151 Å². The highest BCUT2D eigenvalue weighted by Gasteiger charge is 2.03. The summed E-state index contributed by atoms with van der Waals surface area (Å²) in [5, 5.41) is 6.00.